The summed E-state index contributed by atoms with van der Waals surface area (Å²) in [5.41, 5.74) is 1.87. The third-order valence-electron chi connectivity index (χ3n) is 3.95. The van der Waals surface area contributed by atoms with E-state index in [0.717, 1.165) is 5.82 Å². The van der Waals surface area contributed by atoms with Crippen LogP contribution in [0.15, 0.2) is 66.9 Å². The van der Waals surface area contributed by atoms with Crippen molar-refractivity contribution in [3.8, 4) is 0 Å². The quantitative estimate of drug-likeness (QED) is 0.669. The molecule has 0 saturated heterocycles. The van der Waals surface area contributed by atoms with Crippen LogP contribution in [-0.2, 0) is 6.42 Å². The number of anilines is 2. The molecule has 0 saturated carbocycles. The molecule has 3 rings (SSSR count). The van der Waals surface area contributed by atoms with Gasteiger partial charge in [0.15, 0.2) is 0 Å². The molecule has 1 heterocycles. The van der Waals surface area contributed by atoms with E-state index < -0.39 is 0 Å². The molecule has 0 bridgehead atoms. The van der Waals surface area contributed by atoms with Gasteiger partial charge in [0.05, 0.1) is 0 Å². The standard InChI is InChI=1S/C20H21FN4/c1-15(16-7-3-2-4-8-16)24-19-12-14-23-20(25-19)22-13-11-17-9-5-6-10-18(17)21/h2-10,12,14-15H,11,13H2,1H3,(H2,22,23,24,25). The number of nitrogens with zero attached hydrogens (tertiary/aromatic N) is 2. The summed E-state index contributed by atoms with van der Waals surface area (Å²) < 4.78 is 13.6. The molecule has 2 aromatic carbocycles. The van der Waals surface area contributed by atoms with Crippen LogP contribution in [0.25, 0.3) is 0 Å². The molecule has 1 unspecified atom stereocenters. The minimum Gasteiger partial charge on any atom is -0.363 e. The third-order valence-corrected chi connectivity index (χ3v) is 3.95. The molecule has 0 radical (unpaired) electrons. The van der Waals surface area contributed by atoms with Crippen LogP contribution in [-0.4, -0.2) is 16.5 Å². The van der Waals surface area contributed by atoms with Crippen LogP contribution in [0.4, 0.5) is 16.2 Å². The van der Waals surface area contributed by atoms with Gasteiger partial charge in [-0.05, 0) is 36.6 Å². The van der Waals surface area contributed by atoms with Crippen molar-refractivity contribution in [3.63, 3.8) is 0 Å². The monoisotopic (exact) mass is 336 g/mol. The minimum absolute atomic E-state index is 0.141. The largest absolute Gasteiger partial charge is 0.363 e. The summed E-state index contributed by atoms with van der Waals surface area (Å²) in [7, 11) is 0. The second-order valence-corrected chi connectivity index (χ2v) is 5.81. The Morgan fingerprint density at radius 2 is 1.76 bits per heavy atom. The molecule has 0 amide bonds. The number of hydrogen-bond acceptors (Lipinski definition) is 4. The van der Waals surface area contributed by atoms with Gasteiger partial charge in [-0.2, -0.15) is 4.98 Å². The zero-order valence-corrected chi connectivity index (χ0v) is 14.1. The van der Waals surface area contributed by atoms with Gasteiger partial charge in [-0.15, -0.1) is 0 Å². The summed E-state index contributed by atoms with van der Waals surface area (Å²) in [6.07, 6.45) is 2.28. The summed E-state index contributed by atoms with van der Waals surface area (Å²) in [4.78, 5) is 8.68. The van der Waals surface area contributed by atoms with Crippen LogP contribution in [0.3, 0.4) is 0 Å². The number of nitrogens with one attached hydrogen (secondary N) is 2. The van der Waals surface area contributed by atoms with Gasteiger partial charge >= 0.3 is 0 Å². The van der Waals surface area contributed by atoms with Gasteiger partial charge in [0, 0.05) is 18.8 Å². The topological polar surface area (TPSA) is 49.8 Å². The Kier molecular flexibility index (Phi) is 5.57. The average molecular weight is 336 g/mol. The van der Waals surface area contributed by atoms with E-state index in [-0.39, 0.29) is 11.9 Å². The number of halogens is 1. The van der Waals surface area contributed by atoms with Crippen LogP contribution in [0.5, 0.6) is 0 Å². The highest BCUT2D eigenvalue weighted by molar-refractivity contribution is 5.42. The van der Waals surface area contributed by atoms with Crippen molar-refractivity contribution >= 4 is 11.8 Å². The number of benzene rings is 2. The van der Waals surface area contributed by atoms with Crippen LogP contribution >= 0.6 is 0 Å². The smallest absolute Gasteiger partial charge is 0.224 e. The Balaban J connectivity index is 1.57. The first-order valence-electron chi connectivity index (χ1n) is 8.34. The highest BCUT2D eigenvalue weighted by Crippen LogP contribution is 2.17. The second kappa shape index (κ2) is 8.24. The molecular formula is C20H21FN4. The summed E-state index contributed by atoms with van der Waals surface area (Å²) in [6.45, 7) is 2.65. The fourth-order valence-corrected chi connectivity index (χ4v) is 2.58. The van der Waals surface area contributed by atoms with Crippen molar-refractivity contribution in [2.45, 2.75) is 19.4 Å². The maximum atomic E-state index is 13.6. The predicted molar refractivity (Wildman–Crippen MR) is 99.1 cm³/mol. The lowest BCUT2D eigenvalue weighted by atomic mass is 10.1. The van der Waals surface area contributed by atoms with Crippen LogP contribution < -0.4 is 10.6 Å². The highest BCUT2D eigenvalue weighted by atomic mass is 19.1. The highest BCUT2D eigenvalue weighted by Gasteiger charge is 2.06. The van der Waals surface area contributed by atoms with E-state index in [1.54, 1.807) is 18.3 Å². The molecule has 1 atom stereocenters. The summed E-state index contributed by atoms with van der Waals surface area (Å²) >= 11 is 0. The van der Waals surface area contributed by atoms with Crippen molar-refractivity contribution < 1.29 is 4.39 Å². The number of rotatable bonds is 7. The molecule has 3 aromatic rings. The lowest BCUT2D eigenvalue weighted by molar-refractivity contribution is 0.610. The molecule has 0 spiro atoms. The van der Waals surface area contributed by atoms with Gasteiger partial charge in [0.2, 0.25) is 5.95 Å². The average Bonchev–Trinajstić information content (AvgIpc) is 2.64. The Morgan fingerprint density at radius 3 is 2.56 bits per heavy atom. The Labute approximate surface area is 147 Å². The molecule has 0 aliphatic rings. The summed E-state index contributed by atoms with van der Waals surface area (Å²) in [6, 6.07) is 19.0. The van der Waals surface area contributed by atoms with Gasteiger partial charge in [0.25, 0.3) is 0 Å². The predicted octanol–water partition coefficient (Wildman–Crippen LogP) is 4.44. The first-order valence-corrected chi connectivity index (χ1v) is 8.34. The molecule has 25 heavy (non-hydrogen) atoms. The third kappa shape index (κ3) is 4.76. The Hall–Kier alpha value is -2.95. The molecule has 1 aromatic heterocycles. The summed E-state index contributed by atoms with van der Waals surface area (Å²) in [5.74, 6) is 1.10. The fourth-order valence-electron chi connectivity index (χ4n) is 2.58. The Morgan fingerprint density at radius 1 is 1.00 bits per heavy atom. The number of hydrogen-bond donors (Lipinski definition) is 2. The number of aromatic nitrogens is 2. The second-order valence-electron chi connectivity index (χ2n) is 5.81. The van der Waals surface area contributed by atoms with Crippen LogP contribution in [0, 0.1) is 5.82 Å². The van der Waals surface area contributed by atoms with Crippen molar-refractivity contribution in [3.05, 3.63) is 83.8 Å². The van der Waals surface area contributed by atoms with E-state index in [2.05, 4.69) is 39.7 Å². The fraction of sp³-hybridized carbons (Fsp3) is 0.200. The molecule has 4 nitrogen and oxygen atoms in total. The van der Waals surface area contributed by atoms with Gasteiger partial charge in [-0.25, -0.2) is 9.37 Å². The summed E-state index contributed by atoms with van der Waals surface area (Å²) in [5, 5.41) is 6.51. The van der Waals surface area contributed by atoms with E-state index in [1.807, 2.05) is 30.3 Å². The van der Waals surface area contributed by atoms with Crippen molar-refractivity contribution in [2.24, 2.45) is 0 Å². The van der Waals surface area contributed by atoms with E-state index in [1.165, 1.54) is 11.6 Å². The molecule has 0 fully saturated rings. The maximum Gasteiger partial charge on any atom is 0.224 e. The minimum atomic E-state index is -0.183. The molecule has 0 aliphatic carbocycles. The lowest BCUT2D eigenvalue weighted by Crippen LogP contribution is -2.11. The molecule has 128 valence electrons. The van der Waals surface area contributed by atoms with Crippen LogP contribution in [0.1, 0.15) is 24.1 Å². The SMILES string of the molecule is CC(Nc1ccnc(NCCc2ccccc2F)n1)c1ccccc1. The van der Waals surface area contributed by atoms with Crippen molar-refractivity contribution in [1.29, 1.82) is 0 Å². The zero-order valence-electron chi connectivity index (χ0n) is 14.1. The lowest BCUT2D eigenvalue weighted by Gasteiger charge is -2.15. The maximum absolute atomic E-state index is 13.6. The molecule has 5 heteroatoms. The van der Waals surface area contributed by atoms with Gasteiger partial charge in [-0.1, -0.05) is 48.5 Å². The Bertz CT molecular complexity index is 808. The van der Waals surface area contributed by atoms with Gasteiger partial charge in [0.1, 0.15) is 11.6 Å². The molecule has 0 aliphatic heterocycles. The van der Waals surface area contributed by atoms with Crippen LogP contribution in [0.2, 0.25) is 0 Å². The van der Waals surface area contributed by atoms with E-state index >= 15 is 0 Å². The van der Waals surface area contributed by atoms with Crippen molar-refractivity contribution in [2.75, 3.05) is 17.2 Å². The van der Waals surface area contributed by atoms with Crippen molar-refractivity contribution in [1.82, 2.24) is 9.97 Å². The normalized spacial score (nSPS) is 11.8. The van der Waals surface area contributed by atoms with Gasteiger partial charge in [-0.3, -0.25) is 0 Å². The zero-order chi connectivity index (χ0) is 17.5. The van der Waals surface area contributed by atoms with E-state index in [4.69, 9.17) is 0 Å². The van der Waals surface area contributed by atoms with Gasteiger partial charge < -0.3 is 10.6 Å². The first kappa shape index (κ1) is 16.9. The molecular weight excluding hydrogens is 315 g/mol. The molecule has 2 N–H and O–H groups in total. The van der Waals surface area contributed by atoms with E-state index in [9.17, 15) is 4.39 Å². The van der Waals surface area contributed by atoms with E-state index in [0.29, 0.717) is 24.5 Å². The first-order chi connectivity index (χ1) is 12.2.